The van der Waals surface area contributed by atoms with Crippen LogP contribution in [0.4, 0.5) is 5.13 Å². The molecule has 0 atom stereocenters. The zero-order valence-electron chi connectivity index (χ0n) is 10.9. The Labute approximate surface area is 129 Å². The van der Waals surface area contributed by atoms with Crippen molar-refractivity contribution >= 4 is 55.4 Å². The Bertz CT molecular complexity index is 807. The Hall–Kier alpha value is -1.43. The van der Waals surface area contributed by atoms with Crippen molar-refractivity contribution in [1.82, 2.24) is 4.98 Å². The maximum absolute atomic E-state index is 12.3. The topological polar surface area (TPSA) is 42.0 Å². The average molecular weight is 323 g/mol. The van der Waals surface area contributed by atoms with Gasteiger partial charge in [0.15, 0.2) is 5.13 Å². The number of thiazole rings is 1. The molecule has 20 heavy (non-hydrogen) atoms. The Morgan fingerprint density at radius 2 is 2.10 bits per heavy atom. The number of carbonyl (C=O) groups excluding carboxylic acids is 1. The second kappa shape index (κ2) is 5.16. The molecule has 0 aliphatic rings. The molecule has 0 radical (unpaired) electrons. The van der Waals surface area contributed by atoms with Crippen LogP contribution < -0.4 is 5.32 Å². The van der Waals surface area contributed by atoms with Crippen molar-refractivity contribution in [1.29, 1.82) is 0 Å². The number of hydrogen-bond donors (Lipinski definition) is 1. The molecule has 2 heterocycles. The Balaban J connectivity index is 1.99. The lowest BCUT2D eigenvalue weighted by molar-refractivity contribution is 0.103. The van der Waals surface area contributed by atoms with E-state index in [2.05, 4.69) is 10.3 Å². The molecule has 0 fully saturated rings. The first kappa shape index (κ1) is 13.5. The third-order valence-electron chi connectivity index (χ3n) is 2.91. The maximum atomic E-state index is 12.3. The molecule has 1 aromatic carbocycles. The number of thiophene rings is 1. The SMILES string of the molecule is Cc1cnc(NC(=O)c2sc3cccc(C)c3c2Cl)s1. The van der Waals surface area contributed by atoms with Crippen LogP contribution in [0.1, 0.15) is 20.1 Å². The summed E-state index contributed by atoms with van der Waals surface area (Å²) in [6.07, 6.45) is 1.73. The fourth-order valence-electron chi connectivity index (χ4n) is 1.99. The molecule has 0 aliphatic heterocycles. The Morgan fingerprint density at radius 3 is 2.75 bits per heavy atom. The number of fused-ring (bicyclic) bond motifs is 1. The molecule has 1 amide bonds. The summed E-state index contributed by atoms with van der Waals surface area (Å²) in [5, 5.41) is 4.87. The van der Waals surface area contributed by atoms with E-state index in [-0.39, 0.29) is 5.91 Å². The van der Waals surface area contributed by atoms with Gasteiger partial charge in [0, 0.05) is 21.2 Å². The van der Waals surface area contributed by atoms with Crippen LogP contribution in [-0.4, -0.2) is 10.9 Å². The molecule has 102 valence electrons. The van der Waals surface area contributed by atoms with Gasteiger partial charge < -0.3 is 0 Å². The number of aryl methyl sites for hydroxylation is 2. The highest BCUT2D eigenvalue weighted by Gasteiger charge is 2.19. The van der Waals surface area contributed by atoms with Gasteiger partial charge in [-0.1, -0.05) is 23.7 Å². The molecule has 0 spiro atoms. The lowest BCUT2D eigenvalue weighted by Crippen LogP contribution is -2.10. The third-order valence-corrected chi connectivity index (χ3v) is 5.39. The van der Waals surface area contributed by atoms with Crippen LogP contribution in [0.25, 0.3) is 10.1 Å². The number of nitrogens with zero attached hydrogens (tertiary/aromatic N) is 1. The Kier molecular flexibility index (Phi) is 3.50. The summed E-state index contributed by atoms with van der Waals surface area (Å²) in [5.74, 6) is -0.204. The number of benzene rings is 1. The van der Waals surface area contributed by atoms with E-state index >= 15 is 0 Å². The largest absolute Gasteiger partial charge is 0.297 e. The number of hydrogen-bond acceptors (Lipinski definition) is 4. The van der Waals surface area contributed by atoms with E-state index in [1.165, 1.54) is 22.7 Å². The standard InChI is InChI=1S/C14H11ClN2OS2/c1-7-4-3-5-9-10(7)11(15)12(20-9)13(18)17-14-16-6-8(2)19-14/h3-6H,1-2H3,(H,16,17,18). The summed E-state index contributed by atoms with van der Waals surface area (Å²) in [7, 11) is 0. The number of nitrogens with one attached hydrogen (secondary N) is 1. The quantitative estimate of drug-likeness (QED) is 0.730. The number of rotatable bonds is 2. The molecule has 0 saturated heterocycles. The summed E-state index contributed by atoms with van der Waals surface area (Å²) in [6.45, 7) is 3.94. The summed E-state index contributed by atoms with van der Waals surface area (Å²) in [5.41, 5.74) is 1.08. The summed E-state index contributed by atoms with van der Waals surface area (Å²) in [6, 6.07) is 5.94. The molecule has 1 N–H and O–H groups in total. The van der Waals surface area contributed by atoms with Crippen molar-refractivity contribution in [3.63, 3.8) is 0 Å². The molecule has 0 saturated carbocycles. The van der Waals surface area contributed by atoms with E-state index in [9.17, 15) is 4.79 Å². The summed E-state index contributed by atoms with van der Waals surface area (Å²) in [4.78, 5) is 18.0. The van der Waals surface area contributed by atoms with E-state index in [4.69, 9.17) is 11.6 Å². The van der Waals surface area contributed by atoms with Crippen LogP contribution in [0.3, 0.4) is 0 Å². The van der Waals surface area contributed by atoms with Gasteiger partial charge in [-0.25, -0.2) is 4.98 Å². The molecule has 0 unspecified atom stereocenters. The number of aromatic nitrogens is 1. The van der Waals surface area contributed by atoms with Gasteiger partial charge in [0.1, 0.15) is 4.88 Å². The average Bonchev–Trinajstić information content (AvgIpc) is 2.95. The predicted molar refractivity (Wildman–Crippen MR) is 86.4 cm³/mol. The van der Waals surface area contributed by atoms with Gasteiger partial charge in [-0.3, -0.25) is 10.1 Å². The van der Waals surface area contributed by atoms with Gasteiger partial charge in [-0.15, -0.1) is 22.7 Å². The molecule has 2 aromatic heterocycles. The van der Waals surface area contributed by atoms with Crippen LogP contribution in [0, 0.1) is 13.8 Å². The van der Waals surface area contributed by atoms with Crippen molar-refractivity contribution in [2.24, 2.45) is 0 Å². The van der Waals surface area contributed by atoms with Gasteiger partial charge in [0.05, 0.1) is 5.02 Å². The molecule has 6 heteroatoms. The van der Waals surface area contributed by atoms with Crippen LogP contribution in [-0.2, 0) is 0 Å². The van der Waals surface area contributed by atoms with Crippen LogP contribution in [0.15, 0.2) is 24.4 Å². The number of carbonyl (C=O) groups is 1. The fraction of sp³-hybridized carbons (Fsp3) is 0.143. The number of anilines is 1. The van der Waals surface area contributed by atoms with Crippen LogP contribution in [0.2, 0.25) is 5.02 Å². The van der Waals surface area contributed by atoms with E-state index in [1.807, 2.05) is 32.0 Å². The number of amides is 1. The van der Waals surface area contributed by atoms with E-state index in [1.54, 1.807) is 6.20 Å². The predicted octanol–water partition coefficient (Wildman–Crippen LogP) is 4.88. The summed E-state index contributed by atoms with van der Waals surface area (Å²) < 4.78 is 1.02. The van der Waals surface area contributed by atoms with Gasteiger partial charge in [0.2, 0.25) is 0 Å². The second-order valence-corrected chi connectivity index (χ2v) is 7.09. The molecular formula is C14H11ClN2OS2. The minimum Gasteiger partial charge on any atom is -0.297 e. The van der Waals surface area contributed by atoms with Crippen molar-refractivity contribution in [3.8, 4) is 0 Å². The zero-order chi connectivity index (χ0) is 14.3. The highest BCUT2D eigenvalue weighted by atomic mass is 35.5. The monoisotopic (exact) mass is 322 g/mol. The van der Waals surface area contributed by atoms with Crippen molar-refractivity contribution < 1.29 is 4.79 Å². The number of halogens is 1. The molecular weight excluding hydrogens is 312 g/mol. The minimum absolute atomic E-state index is 0.204. The second-order valence-electron chi connectivity index (χ2n) is 4.42. The molecule has 0 bridgehead atoms. The smallest absolute Gasteiger partial charge is 0.269 e. The highest BCUT2D eigenvalue weighted by Crippen LogP contribution is 2.37. The first-order chi connectivity index (χ1) is 9.56. The van der Waals surface area contributed by atoms with Crippen LogP contribution in [0.5, 0.6) is 0 Å². The lowest BCUT2D eigenvalue weighted by atomic mass is 10.1. The molecule has 3 rings (SSSR count). The fourth-order valence-corrected chi connectivity index (χ4v) is 4.22. The van der Waals surface area contributed by atoms with Crippen molar-refractivity contribution in [3.05, 3.63) is 44.7 Å². The molecule has 0 aliphatic carbocycles. The van der Waals surface area contributed by atoms with Gasteiger partial charge in [0.25, 0.3) is 5.91 Å². The van der Waals surface area contributed by atoms with Crippen LogP contribution >= 0.6 is 34.3 Å². The molecule has 3 aromatic rings. The maximum Gasteiger partial charge on any atom is 0.269 e. The highest BCUT2D eigenvalue weighted by molar-refractivity contribution is 7.22. The van der Waals surface area contributed by atoms with Gasteiger partial charge >= 0.3 is 0 Å². The first-order valence-electron chi connectivity index (χ1n) is 5.97. The van der Waals surface area contributed by atoms with E-state index < -0.39 is 0 Å². The minimum atomic E-state index is -0.204. The van der Waals surface area contributed by atoms with E-state index in [0.29, 0.717) is 15.0 Å². The van der Waals surface area contributed by atoms with Crippen molar-refractivity contribution in [2.45, 2.75) is 13.8 Å². The first-order valence-corrected chi connectivity index (χ1v) is 7.99. The lowest BCUT2D eigenvalue weighted by Gasteiger charge is -1.99. The van der Waals surface area contributed by atoms with Gasteiger partial charge in [-0.2, -0.15) is 0 Å². The molecule has 3 nitrogen and oxygen atoms in total. The zero-order valence-corrected chi connectivity index (χ0v) is 13.2. The normalized spacial score (nSPS) is 10.9. The van der Waals surface area contributed by atoms with E-state index in [0.717, 1.165) is 20.5 Å². The van der Waals surface area contributed by atoms with Crippen molar-refractivity contribution in [2.75, 3.05) is 5.32 Å². The Morgan fingerprint density at radius 1 is 1.30 bits per heavy atom. The van der Waals surface area contributed by atoms with Gasteiger partial charge in [-0.05, 0) is 25.5 Å². The third kappa shape index (κ3) is 2.32. The summed E-state index contributed by atoms with van der Waals surface area (Å²) >= 11 is 9.21.